The summed E-state index contributed by atoms with van der Waals surface area (Å²) in [7, 11) is 0. The Hall–Kier alpha value is -2.45. The molecule has 3 aromatic rings. The average molecular weight is 364 g/mol. The van der Waals surface area contributed by atoms with Crippen molar-refractivity contribution in [1.82, 2.24) is 14.9 Å². The van der Waals surface area contributed by atoms with E-state index in [2.05, 4.69) is 15.5 Å². The van der Waals surface area contributed by atoms with Gasteiger partial charge in [-0.25, -0.2) is 4.68 Å². The third-order valence-corrected chi connectivity index (χ3v) is 4.25. The summed E-state index contributed by atoms with van der Waals surface area (Å²) in [6, 6.07) is 10.5. The highest BCUT2D eigenvalue weighted by atomic mass is 35.5. The van der Waals surface area contributed by atoms with Gasteiger partial charge in [0.25, 0.3) is 0 Å². The minimum absolute atomic E-state index is 0.112. The van der Waals surface area contributed by atoms with Gasteiger partial charge in [-0.1, -0.05) is 29.4 Å². The summed E-state index contributed by atoms with van der Waals surface area (Å²) in [4.78, 5) is 11.9. The molecule has 0 aliphatic rings. The molecule has 0 atom stereocenters. The highest BCUT2D eigenvalue weighted by Gasteiger charge is 2.14. The maximum Gasteiger partial charge on any atom is 0.225 e. The second-order valence-electron chi connectivity index (χ2n) is 4.81. The molecule has 1 amide bonds. The standard InChI is InChI=1S/C15H14ClN5O2S/c16-10-3-1-4-11(9-10)18-13(22)6-8-24-15-20-19-14(21(15)17)12-5-2-7-23-12/h1-5,7,9H,6,8,17H2,(H,18,22). The Morgan fingerprint density at radius 3 is 2.96 bits per heavy atom. The van der Waals surface area contributed by atoms with E-state index in [0.29, 0.717) is 39.6 Å². The second-order valence-corrected chi connectivity index (χ2v) is 6.31. The Kier molecular flexibility index (Phi) is 5.07. The monoisotopic (exact) mass is 363 g/mol. The summed E-state index contributed by atoms with van der Waals surface area (Å²) in [5, 5.41) is 11.9. The van der Waals surface area contributed by atoms with Gasteiger partial charge in [-0.15, -0.1) is 10.2 Å². The lowest BCUT2D eigenvalue weighted by molar-refractivity contribution is -0.115. The van der Waals surface area contributed by atoms with E-state index in [-0.39, 0.29) is 5.91 Å². The van der Waals surface area contributed by atoms with Gasteiger partial charge in [-0.2, -0.15) is 0 Å². The van der Waals surface area contributed by atoms with Gasteiger partial charge in [0, 0.05) is 22.9 Å². The average Bonchev–Trinajstić information content (AvgIpc) is 3.18. The number of hydrogen-bond acceptors (Lipinski definition) is 6. The summed E-state index contributed by atoms with van der Waals surface area (Å²) in [6.45, 7) is 0. The fraction of sp³-hybridized carbons (Fsp3) is 0.133. The molecule has 0 aliphatic heterocycles. The molecule has 0 unspecified atom stereocenters. The van der Waals surface area contributed by atoms with Crippen molar-refractivity contribution in [3.63, 3.8) is 0 Å². The van der Waals surface area contributed by atoms with Crippen molar-refractivity contribution >= 4 is 35.0 Å². The van der Waals surface area contributed by atoms with Crippen LogP contribution in [0.25, 0.3) is 11.6 Å². The minimum Gasteiger partial charge on any atom is -0.461 e. The van der Waals surface area contributed by atoms with Crippen LogP contribution >= 0.6 is 23.4 Å². The lowest BCUT2D eigenvalue weighted by atomic mass is 10.3. The fourth-order valence-electron chi connectivity index (χ4n) is 1.97. The number of anilines is 1. The molecule has 0 radical (unpaired) electrons. The minimum atomic E-state index is -0.112. The first-order valence-electron chi connectivity index (χ1n) is 7.06. The first kappa shape index (κ1) is 16.4. The van der Waals surface area contributed by atoms with Crippen LogP contribution in [0.5, 0.6) is 0 Å². The first-order chi connectivity index (χ1) is 11.6. The Bertz CT molecular complexity index is 834. The molecule has 3 rings (SSSR count). The maximum atomic E-state index is 11.9. The van der Waals surface area contributed by atoms with Gasteiger partial charge in [-0.05, 0) is 30.3 Å². The third kappa shape index (κ3) is 3.90. The van der Waals surface area contributed by atoms with Gasteiger partial charge < -0.3 is 15.6 Å². The molecule has 0 fully saturated rings. The van der Waals surface area contributed by atoms with E-state index in [4.69, 9.17) is 21.9 Å². The zero-order valence-electron chi connectivity index (χ0n) is 12.5. The maximum absolute atomic E-state index is 11.9. The number of nitrogens with one attached hydrogen (secondary N) is 1. The molecular weight excluding hydrogens is 350 g/mol. The van der Waals surface area contributed by atoms with Crippen LogP contribution in [0.2, 0.25) is 5.02 Å². The largest absolute Gasteiger partial charge is 0.461 e. The molecule has 1 aromatic carbocycles. The number of nitrogen functional groups attached to an aromatic ring is 1. The third-order valence-electron chi connectivity index (χ3n) is 3.07. The second kappa shape index (κ2) is 7.41. The zero-order valence-corrected chi connectivity index (χ0v) is 14.0. The van der Waals surface area contributed by atoms with E-state index in [1.807, 2.05) is 0 Å². The number of halogens is 1. The summed E-state index contributed by atoms with van der Waals surface area (Å²) in [5.41, 5.74) is 0.666. The molecule has 7 nitrogen and oxygen atoms in total. The molecule has 24 heavy (non-hydrogen) atoms. The molecule has 9 heteroatoms. The Morgan fingerprint density at radius 2 is 2.21 bits per heavy atom. The van der Waals surface area contributed by atoms with Gasteiger partial charge in [0.2, 0.25) is 16.9 Å². The molecule has 0 spiro atoms. The van der Waals surface area contributed by atoms with Crippen LogP contribution in [-0.4, -0.2) is 26.5 Å². The van der Waals surface area contributed by atoms with Gasteiger partial charge in [0.15, 0.2) is 5.76 Å². The number of amides is 1. The molecule has 124 valence electrons. The van der Waals surface area contributed by atoms with Crippen LogP contribution in [0.1, 0.15) is 6.42 Å². The van der Waals surface area contributed by atoms with Crippen molar-refractivity contribution < 1.29 is 9.21 Å². The topological polar surface area (TPSA) is 99.0 Å². The highest BCUT2D eigenvalue weighted by Crippen LogP contribution is 2.22. The van der Waals surface area contributed by atoms with Crippen LogP contribution in [0.4, 0.5) is 5.69 Å². The Balaban J connectivity index is 1.52. The lowest BCUT2D eigenvalue weighted by Crippen LogP contribution is -2.14. The molecule has 3 N–H and O–H groups in total. The number of rotatable bonds is 6. The van der Waals surface area contributed by atoms with Crippen LogP contribution < -0.4 is 11.2 Å². The number of hydrogen-bond donors (Lipinski definition) is 2. The van der Waals surface area contributed by atoms with Crippen molar-refractivity contribution in [3.05, 3.63) is 47.7 Å². The smallest absolute Gasteiger partial charge is 0.225 e. The molecule has 0 saturated heterocycles. The van der Waals surface area contributed by atoms with Crippen molar-refractivity contribution in [1.29, 1.82) is 0 Å². The van der Waals surface area contributed by atoms with Gasteiger partial charge >= 0.3 is 0 Å². The number of benzene rings is 1. The molecular formula is C15H14ClN5O2S. The lowest BCUT2D eigenvalue weighted by Gasteiger charge is -2.05. The van der Waals surface area contributed by atoms with E-state index >= 15 is 0 Å². The zero-order chi connectivity index (χ0) is 16.9. The van der Waals surface area contributed by atoms with E-state index in [1.165, 1.54) is 22.7 Å². The van der Waals surface area contributed by atoms with Crippen molar-refractivity contribution in [3.8, 4) is 11.6 Å². The Labute approximate surface area is 147 Å². The predicted molar refractivity (Wildman–Crippen MR) is 93.3 cm³/mol. The summed E-state index contributed by atoms with van der Waals surface area (Å²) in [5.74, 6) is 7.32. The van der Waals surface area contributed by atoms with Crippen LogP contribution in [0.15, 0.2) is 52.2 Å². The van der Waals surface area contributed by atoms with Gasteiger partial charge in [0.05, 0.1) is 6.26 Å². The van der Waals surface area contributed by atoms with Crippen molar-refractivity contribution in [2.45, 2.75) is 11.6 Å². The quantitative estimate of drug-likeness (QED) is 0.516. The van der Waals surface area contributed by atoms with Crippen molar-refractivity contribution in [2.24, 2.45) is 0 Å². The molecule has 0 bridgehead atoms. The van der Waals surface area contributed by atoms with Gasteiger partial charge in [-0.3, -0.25) is 4.79 Å². The Morgan fingerprint density at radius 1 is 1.33 bits per heavy atom. The number of thioether (sulfide) groups is 1. The number of carbonyl (C=O) groups excluding carboxylic acids is 1. The van der Waals surface area contributed by atoms with E-state index in [9.17, 15) is 4.79 Å². The van der Waals surface area contributed by atoms with Crippen LogP contribution in [0, 0.1) is 0 Å². The fourth-order valence-corrected chi connectivity index (χ4v) is 2.96. The number of carbonyl (C=O) groups is 1. The summed E-state index contributed by atoms with van der Waals surface area (Å²) >= 11 is 7.22. The van der Waals surface area contributed by atoms with E-state index < -0.39 is 0 Å². The molecule has 0 saturated carbocycles. The number of nitrogens with zero attached hydrogens (tertiary/aromatic N) is 3. The van der Waals surface area contributed by atoms with E-state index in [0.717, 1.165) is 0 Å². The summed E-state index contributed by atoms with van der Waals surface area (Å²) in [6.07, 6.45) is 1.84. The number of aromatic nitrogens is 3. The van der Waals surface area contributed by atoms with E-state index in [1.54, 1.807) is 36.4 Å². The highest BCUT2D eigenvalue weighted by molar-refractivity contribution is 7.99. The SMILES string of the molecule is Nn1c(SCCC(=O)Nc2cccc(Cl)c2)nnc1-c1ccco1. The number of furan rings is 1. The van der Waals surface area contributed by atoms with Gasteiger partial charge in [0.1, 0.15) is 0 Å². The van der Waals surface area contributed by atoms with Crippen LogP contribution in [0.3, 0.4) is 0 Å². The molecule has 2 aromatic heterocycles. The molecule has 0 aliphatic carbocycles. The number of nitrogens with two attached hydrogens (primary N) is 1. The summed E-state index contributed by atoms with van der Waals surface area (Å²) < 4.78 is 6.59. The molecule has 2 heterocycles. The normalized spacial score (nSPS) is 10.7. The predicted octanol–water partition coefficient (Wildman–Crippen LogP) is 3.03. The first-order valence-corrected chi connectivity index (χ1v) is 8.42. The van der Waals surface area contributed by atoms with Crippen LogP contribution in [-0.2, 0) is 4.79 Å². The van der Waals surface area contributed by atoms with Crippen molar-refractivity contribution in [2.75, 3.05) is 16.9 Å².